The smallest absolute Gasteiger partial charge is 0.370 e. The van der Waals surface area contributed by atoms with E-state index in [1.54, 1.807) is 60.7 Å². The molecule has 0 spiro atoms. The van der Waals surface area contributed by atoms with Gasteiger partial charge in [-0.3, -0.25) is 4.79 Å². The lowest BCUT2D eigenvalue weighted by atomic mass is 10.2. The van der Waals surface area contributed by atoms with Crippen LogP contribution in [0.3, 0.4) is 0 Å². The van der Waals surface area contributed by atoms with Crippen LogP contribution in [-0.2, 0) is 23.7 Å². The second kappa shape index (κ2) is 13.2. The van der Waals surface area contributed by atoms with Crippen LogP contribution >= 0.6 is 11.8 Å². The fourth-order valence-corrected chi connectivity index (χ4v) is 3.08. The fraction of sp³-hybridized carbons (Fsp3) is 0.304. The molecule has 9 heteroatoms. The lowest BCUT2D eigenvalue weighted by Crippen LogP contribution is -2.22. The summed E-state index contributed by atoms with van der Waals surface area (Å²) < 4.78 is 20.1. The zero-order chi connectivity index (χ0) is 23.3. The van der Waals surface area contributed by atoms with E-state index in [4.69, 9.17) is 18.9 Å². The van der Waals surface area contributed by atoms with Crippen LogP contribution in [0.25, 0.3) is 0 Å². The van der Waals surface area contributed by atoms with E-state index in [2.05, 4.69) is 0 Å². The van der Waals surface area contributed by atoms with Gasteiger partial charge in [-0.15, -0.1) is 0 Å². The van der Waals surface area contributed by atoms with E-state index in [1.165, 1.54) is 13.8 Å². The molecule has 170 valence electrons. The van der Waals surface area contributed by atoms with Crippen LogP contribution in [0.2, 0.25) is 0 Å². The summed E-state index contributed by atoms with van der Waals surface area (Å²) in [6, 6.07) is 16.7. The van der Waals surface area contributed by atoms with Crippen LogP contribution in [0.4, 0.5) is 4.79 Å². The number of hydrogen-bond donors (Lipinski definition) is 0. The highest BCUT2D eigenvalue weighted by Gasteiger charge is 2.17. The van der Waals surface area contributed by atoms with Crippen molar-refractivity contribution in [3.05, 3.63) is 71.8 Å². The van der Waals surface area contributed by atoms with Crippen molar-refractivity contribution in [1.29, 1.82) is 0 Å². The molecule has 0 radical (unpaired) electrons. The average molecular weight is 461 g/mol. The number of carbonyl (C=O) groups is 4. The van der Waals surface area contributed by atoms with E-state index >= 15 is 0 Å². The molecule has 0 unspecified atom stereocenters. The minimum absolute atomic E-state index is 0.0338. The fourth-order valence-electron chi connectivity index (χ4n) is 2.42. The summed E-state index contributed by atoms with van der Waals surface area (Å²) in [5.41, 5.74) is 0.708. The largest absolute Gasteiger partial charge is 0.425 e. The lowest BCUT2D eigenvalue weighted by Gasteiger charge is -2.14. The lowest BCUT2D eigenvalue weighted by molar-refractivity contribution is -0.165. The summed E-state index contributed by atoms with van der Waals surface area (Å²) >= 11 is 0.851. The van der Waals surface area contributed by atoms with Gasteiger partial charge in [0.2, 0.25) is 12.6 Å². The maximum atomic E-state index is 11.9. The number of hydrogen-bond acceptors (Lipinski definition) is 9. The summed E-state index contributed by atoms with van der Waals surface area (Å²) in [7, 11) is 0. The molecule has 8 nitrogen and oxygen atoms in total. The summed E-state index contributed by atoms with van der Waals surface area (Å²) in [6.07, 6.45) is -1.71. The third-order valence-electron chi connectivity index (χ3n) is 3.87. The molecule has 0 N–H and O–H groups in total. The van der Waals surface area contributed by atoms with Crippen molar-refractivity contribution in [2.24, 2.45) is 0 Å². The van der Waals surface area contributed by atoms with Gasteiger partial charge in [0.1, 0.15) is 0 Å². The number of esters is 3. The van der Waals surface area contributed by atoms with Crippen LogP contribution in [0.5, 0.6) is 0 Å². The maximum absolute atomic E-state index is 11.9. The number of benzene rings is 2. The standard InChI is InChI=1S/C23H24O8S/c1-16(29-21(25)18-10-5-3-6-11-18)28-20(24)14-9-15-32-23(27)31-17(2)30-22(26)19-12-7-4-8-13-19/h3-8,10-13,16-17H,9,14-15H2,1-2H3/t16-,17+/m0/s1. The Morgan fingerprint density at radius 2 is 1.19 bits per heavy atom. The number of ether oxygens (including phenoxy) is 4. The Bertz CT molecular complexity index is 825. The van der Waals surface area contributed by atoms with Crippen molar-refractivity contribution < 1.29 is 38.1 Å². The second-order valence-corrected chi connectivity index (χ2v) is 7.52. The van der Waals surface area contributed by atoms with Crippen LogP contribution in [0.15, 0.2) is 60.7 Å². The van der Waals surface area contributed by atoms with Crippen LogP contribution < -0.4 is 0 Å². The Balaban J connectivity index is 1.58. The molecule has 2 aromatic rings. The third-order valence-corrected chi connectivity index (χ3v) is 4.69. The molecule has 0 aliphatic rings. The van der Waals surface area contributed by atoms with Crippen molar-refractivity contribution in [1.82, 2.24) is 0 Å². The van der Waals surface area contributed by atoms with E-state index in [0.29, 0.717) is 23.3 Å². The number of carbonyl (C=O) groups excluding carboxylic acids is 4. The Morgan fingerprint density at radius 1 is 0.719 bits per heavy atom. The normalized spacial score (nSPS) is 12.2. The van der Waals surface area contributed by atoms with Gasteiger partial charge in [-0.25, -0.2) is 14.4 Å². The van der Waals surface area contributed by atoms with Crippen LogP contribution in [0, 0.1) is 0 Å². The number of thioether (sulfide) groups is 1. The van der Waals surface area contributed by atoms with Crippen LogP contribution in [-0.4, -0.2) is 41.5 Å². The van der Waals surface area contributed by atoms with Gasteiger partial charge in [0.25, 0.3) is 0 Å². The summed E-state index contributed by atoms with van der Waals surface area (Å²) in [5.74, 6) is -1.45. The monoisotopic (exact) mass is 460 g/mol. The second-order valence-electron chi connectivity index (χ2n) is 6.49. The number of rotatable bonds is 10. The van der Waals surface area contributed by atoms with Crippen molar-refractivity contribution in [2.45, 2.75) is 39.3 Å². The molecular weight excluding hydrogens is 436 g/mol. The highest BCUT2D eigenvalue weighted by Crippen LogP contribution is 2.13. The molecule has 2 aromatic carbocycles. The van der Waals surface area contributed by atoms with E-state index in [-0.39, 0.29) is 6.42 Å². The average Bonchev–Trinajstić information content (AvgIpc) is 2.77. The predicted molar refractivity (Wildman–Crippen MR) is 117 cm³/mol. The molecular formula is C23H24O8S. The first-order chi connectivity index (χ1) is 15.3. The first-order valence-electron chi connectivity index (χ1n) is 9.90. The van der Waals surface area contributed by atoms with Crippen molar-refractivity contribution in [3.8, 4) is 0 Å². The van der Waals surface area contributed by atoms with Gasteiger partial charge in [-0.1, -0.05) is 36.4 Å². The Kier molecular flexibility index (Phi) is 10.3. The van der Waals surface area contributed by atoms with E-state index < -0.39 is 35.8 Å². The molecule has 0 aliphatic carbocycles. The van der Waals surface area contributed by atoms with Gasteiger partial charge in [0.15, 0.2) is 0 Å². The van der Waals surface area contributed by atoms with E-state index in [1.807, 2.05) is 0 Å². The molecule has 32 heavy (non-hydrogen) atoms. The van der Waals surface area contributed by atoms with Gasteiger partial charge in [0.05, 0.1) is 11.1 Å². The van der Waals surface area contributed by atoms with Gasteiger partial charge in [0, 0.05) is 26.0 Å². The minimum atomic E-state index is -1.05. The van der Waals surface area contributed by atoms with E-state index in [9.17, 15) is 19.2 Å². The van der Waals surface area contributed by atoms with Gasteiger partial charge in [-0.2, -0.15) is 0 Å². The summed E-state index contributed by atoms with van der Waals surface area (Å²) in [5, 5.41) is -0.628. The molecule has 0 bridgehead atoms. The molecule has 0 aromatic heterocycles. The van der Waals surface area contributed by atoms with Crippen molar-refractivity contribution in [3.63, 3.8) is 0 Å². The summed E-state index contributed by atoms with van der Waals surface area (Å²) in [4.78, 5) is 47.5. The summed E-state index contributed by atoms with van der Waals surface area (Å²) in [6.45, 7) is 2.89. The molecule has 0 fully saturated rings. The highest BCUT2D eigenvalue weighted by atomic mass is 32.2. The molecule has 2 rings (SSSR count). The van der Waals surface area contributed by atoms with Crippen LogP contribution in [0.1, 0.15) is 47.4 Å². The van der Waals surface area contributed by atoms with Gasteiger partial charge in [-0.05, 0) is 42.4 Å². The Morgan fingerprint density at radius 3 is 1.69 bits per heavy atom. The van der Waals surface area contributed by atoms with Gasteiger partial charge >= 0.3 is 23.2 Å². The molecule has 0 heterocycles. The molecule has 0 saturated heterocycles. The molecule has 2 atom stereocenters. The Hall–Kier alpha value is -3.33. The first-order valence-corrected chi connectivity index (χ1v) is 10.9. The molecule has 0 saturated carbocycles. The SMILES string of the molecule is C[C@@H](OC(=O)CCCSC(=O)O[C@H](C)OC(=O)c1ccccc1)OC(=O)c1ccccc1. The molecule has 0 aliphatic heterocycles. The quantitative estimate of drug-likeness (QED) is 0.286. The van der Waals surface area contributed by atoms with Gasteiger partial charge < -0.3 is 18.9 Å². The third kappa shape index (κ3) is 9.22. The minimum Gasteiger partial charge on any atom is -0.425 e. The van der Waals surface area contributed by atoms with Crippen molar-refractivity contribution >= 4 is 35.0 Å². The zero-order valence-electron chi connectivity index (χ0n) is 17.7. The zero-order valence-corrected chi connectivity index (χ0v) is 18.5. The first kappa shape index (κ1) is 24.9. The predicted octanol–water partition coefficient (Wildman–Crippen LogP) is 4.59. The Labute approximate surface area is 190 Å². The molecule has 0 amide bonds. The highest BCUT2D eigenvalue weighted by molar-refractivity contribution is 8.13. The van der Waals surface area contributed by atoms with E-state index in [0.717, 1.165) is 11.8 Å². The topological polar surface area (TPSA) is 105 Å². The maximum Gasteiger partial charge on any atom is 0.370 e. The van der Waals surface area contributed by atoms with Crippen molar-refractivity contribution in [2.75, 3.05) is 5.75 Å².